The van der Waals surface area contributed by atoms with Crippen LogP contribution in [0.4, 0.5) is 5.13 Å². The smallest absolute Gasteiger partial charge is 0.290 e. The number of benzene rings is 1. The molecule has 4 aliphatic carbocycles. The summed E-state index contributed by atoms with van der Waals surface area (Å²) >= 11 is 1.43. The Labute approximate surface area is 312 Å². The highest BCUT2D eigenvalue weighted by Crippen LogP contribution is 2.60. The van der Waals surface area contributed by atoms with E-state index in [1.807, 2.05) is 25.1 Å². The summed E-state index contributed by atoms with van der Waals surface area (Å²) in [6.45, 7) is 9.35. The Balaban J connectivity index is 1.48. The zero-order valence-corrected chi connectivity index (χ0v) is 32.4. The number of ether oxygens (including phenoxy) is 1. The molecule has 1 aromatic heterocycles. The van der Waals surface area contributed by atoms with Gasteiger partial charge in [0.1, 0.15) is 17.4 Å². The maximum Gasteiger partial charge on any atom is 0.290 e. The lowest BCUT2D eigenvalue weighted by atomic mass is 9.49. The minimum atomic E-state index is -0.780. The van der Waals surface area contributed by atoms with E-state index in [-0.39, 0.29) is 29.2 Å². The highest BCUT2D eigenvalue weighted by atomic mass is 32.1. The van der Waals surface area contributed by atoms with Gasteiger partial charge in [-0.05, 0) is 111 Å². The second-order valence-corrected chi connectivity index (χ2v) is 16.4. The molecule has 2 heterocycles. The molecule has 4 saturated carbocycles. The third-order valence-electron chi connectivity index (χ3n) is 11.8. The number of aliphatic hydroxyl groups excluding tert-OH is 1. The van der Waals surface area contributed by atoms with Crippen LogP contribution in [-0.4, -0.2) is 65.1 Å². The molecule has 52 heavy (non-hydrogen) atoms. The summed E-state index contributed by atoms with van der Waals surface area (Å²) in [5.74, 6) is 0.439. The van der Waals surface area contributed by atoms with Gasteiger partial charge in [0.2, 0.25) is 5.91 Å². The number of nitrogens with zero attached hydrogens (tertiary/aromatic N) is 5. The van der Waals surface area contributed by atoms with Gasteiger partial charge in [-0.25, -0.2) is 9.99 Å². The van der Waals surface area contributed by atoms with Crippen molar-refractivity contribution < 1.29 is 24.2 Å². The molecule has 10 nitrogen and oxygen atoms in total. The van der Waals surface area contributed by atoms with Crippen molar-refractivity contribution in [2.75, 3.05) is 32.1 Å². The number of aromatic nitrogens is 1. The summed E-state index contributed by atoms with van der Waals surface area (Å²) in [6, 6.07) is 5.95. The topological polar surface area (TPSA) is 127 Å². The van der Waals surface area contributed by atoms with Gasteiger partial charge in [0.25, 0.3) is 11.8 Å². The zero-order chi connectivity index (χ0) is 37.3. The molecule has 278 valence electrons. The number of rotatable bonds is 14. The number of hydrogen-bond acceptors (Lipinski definition) is 9. The minimum Gasteiger partial charge on any atom is -0.496 e. The standard InChI is InChI=1S/C41H53N5O5S/c1-7-10-12-45(13-11-8-2)40-43-36(35-30(24-47)17-26(9-3)18-33(35)51-6)34(52-40)19-31-25(4)32(23-42)38(49)46(37(31)48)44(5)39(50)41-20-27-14-28(21-41)16-29(15-27)22-41/h17-19,27-29,47H,7-16,20-22,24H2,1-6H3/b31-19-. The number of imide groups is 1. The Morgan fingerprint density at radius 1 is 1.08 bits per heavy atom. The van der Waals surface area contributed by atoms with Crippen LogP contribution in [-0.2, 0) is 27.4 Å². The molecule has 4 fully saturated rings. The normalized spacial score (nSPS) is 24.5. The molecule has 5 aliphatic rings. The Bertz CT molecular complexity index is 1770. The molecule has 0 unspecified atom stereocenters. The van der Waals surface area contributed by atoms with Crippen molar-refractivity contribution in [3.05, 3.63) is 44.9 Å². The lowest BCUT2D eigenvalue weighted by molar-refractivity contribution is -0.180. The Morgan fingerprint density at radius 2 is 1.69 bits per heavy atom. The minimum absolute atomic E-state index is 0.154. The molecule has 4 bridgehead atoms. The molecule has 1 aromatic carbocycles. The Hall–Kier alpha value is -4.01. The van der Waals surface area contributed by atoms with Gasteiger partial charge < -0.3 is 14.7 Å². The van der Waals surface area contributed by atoms with Gasteiger partial charge in [0, 0.05) is 31.3 Å². The van der Waals surface area contributed by atoms with E-state index in [2.05, 4.69) is 18.7 Å². The van der Waals surface area contributed by atoms with Crippen molar-refractivity contribution >= 4 is 40.3 Å². The maximum atomic E-state index is 14.6. The molecule has 1 N–H and O–H groups in total. The molecule has 0 radical (unpaired) electrons. The number of methoxy groups -OCH3 is 1. The SMILES string of the molecule is CCCCN(CCCC)c1nc(-c2c(CO)cc(CC)cc2OC)c(/C=C2\C(=O)N(N(C)C(=O)C34CC5CC(CC(C5)C3)C4)C(=O)C(C#N)=C2C)s1. The number of aliphatic hydroxyl groups is 1. The first-order chi connectivity index (χ1) is 25.0. The van der Waals surface area contributed by atoms with Crippen LogP contribution in [0.3, 0.4) is 0 Å². The molecule has 1 aliphatic heterocycles. The van der Waals surface area contributed by atoms with Crippen LogP contribution in [0.25, 0.3) is 17.3 Å². The first kappa shape index (κ1) is 37.7. The van der Waals surface area contributed by atoms with Crippen LogP contribution in [0.5, 0.6) is 5.75 Å². The second kappa shape index (κ2) is 15.5. The van der Waals surface area contributed by atoms with Gasteiger partial charge in [-0.2, -0.15) is 10.3 Å². The predicted molar refractivity (Wildman–Crippen MR) is 203 cm³/mol. The van der Waals surface area contributed by atoms with E-state index in [1.54, 1.807) is 20.1 Å². The Morgan fingerprint density at radius 3 is 2.21 bits per heavy atom. The quantitative estimate of drug-likeness (QED) is 0.157. The number of carbonyl (C=O) groups excluding carboxylic acids is 3. The van der Waals surface area contributed by atoms with Crippen LogP contribution >= 0.6 is 11.3 Å². The summed E-state index contributed by atoms with van der Waals surface area (Å²) in [6.07, 6.45) is 12.3. The van der Waals surface area contributed by atoms with E-state index in [1.165, 1.54) is 23.4 Å². The highest BCUT2D eigenvalue weighted by molar-refractivity contribution is 7.17. The molecular weight excluding hydrogens is 675 g/mol. The average Bonchev–Trinajstić information content (AvgIpc) is 3.54. The number of aryl methyl sites for hydroxylation is 1. The number of hydrogen-bond donors (Lipinski definition) is 1. The average molecular weight is 728 g/mol. The van der Waals surface area contributed by atoms with E-state index >= 15 is 0 Å². The van der Waals surface area contributed by atoms with Crippen LogP contribution in [0, 0.1) is 34.5 Å². The summed E-state index contributed by atoms with van der Waals surface area (Å²) in [5, 5.41) is 23.8. The third kappa shape index (κ3) is 6.80. The van der Waals surface area contributed by atoms with E-state index in [0.29, 0.717) is 45.2 Å². The van der Waals surface area contributed by atoms with Crippen molar-refractivity contribution in [2.45, 2.75) is 105 Å². The van der Waals surface area contributed by atoms with Crippen molar-refractivity contribution in [2.24, 2.45) is 23.2 Å². The van der Waals surface area contributed by atoms with Crippen molar-refractivity contribution in [3.63, 3.8) is 0 Å². The maximum absolute atomic E-state index is 14.6. The summed E-state index contributed by atoms with van der Waals surface area (Å²) in [7, 11) is 3.10. The van der Waals surface area contributed by atoms with Gasteiger partial charge in [-0.3, -0.25) is 14.4 Å². The number of hydrazine groups is 1. The van der Waals surface area contributed by atoms with Crippen LogP contribution < -0.4 is 9.64 Å². The van der Waals surface area contributed by atoms with Crippen molar-refractivity contribution in [3.8, 4) is 23.1 Å². The molecule has 0 atom stereocenters. The first-order valence-electron chi connectivity index (χ1n) is 19.1. The van der Waals surface area contributed by atoms with Crippen LogP contribution in [0.2, 0.25) is 0 Å². The lowest BCUT2D eigenvalue weighted by Crippen LogP contribution is -2.60. The Kier molecular flexibility index (Phi) is 11.3. The molecule has 0 spiro atoms. The van der Waals surface area contributed by atoms with Gasteiger partial charge in [0.15, 0.2) is 5.13 Å². The fraction of sp³-hybridized carbons (Fsp3) is 0.585. The number of carbonyl (C=O) groups is 3. The fourth-order valence-corrected chi connectivity index (χ4v) is 10.6. The van der Waals surface area contributed by atoms with E-state index < -0.39 is 17.2 Å². The lowest BCUT2D eigenvalue weighted by Gasteiger charge is -2.56. The van der Waals surface area contributed by atoms with Gasteiger partial charge in [-0.15, -0.1) is 0 Å². The molecule has 3 amide bonds. The summed E-state index contributed by atoms with van der Waals surface area (Å²) in [5.41, 5.74) is 2.50. The second-order valence-electron chi connectivity index (χ2n) is 15.4. The molecule has 2 aromatic rings. The fourth-order valence-electron chi connectivity index (χ4n) is 9.51. The van der Waals surface area contributed by atoms with E-state index in [9.17, 15) is 24.8 Å². The largest absolute Gasteiger partial charge is 0.496 e. The van der Waals surface area contributed by atoms with E-state index in [0.717, 1.165) is 99.4 Å². The number of anilines is 1. The number of unbranched alkanes of at least 4 members (excludes halogenated alkanes) is 2. The number of amides is 3. The van der Waals surface area contributed by atoms with E-state index in [4.69, 9.17) is 9.72 Å². The monoisotopic (exact) mass is 727 g/mol. The summed E-state index contributed by atoms with van der Waals surface area (Å²) in [4.78, 5) is 51.0. The molecular formula is C41H53N5O5S. The summed E-state index contributed by atoms with van der Waals surface area (Å²) < 4.78 is 5.90. The number of nitriles is 1. The van der Waals surface area contributed by atoms with Crippen LogP contribution in [0.15, 0.2) is 28.9 Å². The molecule has 0 saturated heterocycles. The predicted octanol–water partition coefficient (Wildman–Crippen LogP) is 7.46. The number of thiazole rings is 1. The first-order valence-corrected chi connectivity index (χ1v) is 19.9. The van der Waals surface area contributed by atoms with Crippen molar-refractivity contribution in [1.82, 2.24) is 15.0 Å². The van der Waals surface area contributed by atoms with Crippen LogP contribution in [0.1, 0.15) is 108 Å². The third-order valence-corrected chi connectivity index (χ3v) is 12.9. The molecule has 7 rings (SSSR count). The van der Waals surface area contributed by atoms with Crippen molar-refractivity contribution in [1.29, 1.82) is 5.26 Å². The van der Waals surface area contributed by atoms with Gasteiger partial charge in [0.05, 0.1) is 29.7 Å². The van der Waals surface area contributed by atoms with Gasteiger partial charge in [-0.1, -0.05) is 51.0 Å². The zero-order valence-electron chi connectivity index (χ0n) is 31.6. The highest BCUT2D eigenvalue weighted by Gasteiger charge is 2.57. The van der Waals surface area contributed by atoms with Gasteiger partial charge >= 0.3 is 0 Å². The molecule has 11 heteroatoms.